The van der Waals surface area contributed by atoms with Crippen LogP contribution in [-0.4, -0.2) is 41.2 Å². The van der Waals surface area contributed by atoms with Gasteiger partial charge in [0.1, 0.15) is 0 Å². The van der Waals surface area contributed by atoms with Crippen LogP contribution in [0, 0.1) is 5.92 Å². The van der Waals surface area contributed by atoms with Crippen molar-refractivity contribution in [3.63, 3.8) is 0 Å². The summed E-state index contributed by atoms with van der Waals surface area (Å²) in [5.74, 6) is 0.420. The fraction of sp³-hybridized carbons (Fsp3) is 0.316. The van der Waals surface area contributed by atoms with Gasteiger partial charge in [-0.25, -0.2) is 9.97 Å². The molecule has 0 unspecified atom stereocenters. The molecule has 4 rings (SSSR count). The van der Waals surface area contributed by atoms with E-state index in [-0.39, 0.29) is 11.8 Å². The number of benzene rings is 1. The second kappa shape index (κ2) is 7.54. The third-order valence-corrected chi connectivity index (χ3v) is 4.94. The Morgan fingerprint density at radius 1 is 1.37 bits per heavy atom. The summed E-state index contributed by atoms with van der Waals surface area (Å²) in [6.07, 6.45) is 3.96. The van der Waals surface area contributed by atoms with Crippen molar-refractivity contribution in [2.45, 2.75) is 13.0 Å². The van der Waals surface area contributed by atoms with E-state index in [0.29, 0.717) is 36.4 Å². The predicted molar refractivity (Wildman–Crippen MR) is 102 cm³/mol. The number of nitrogens with zero attached hydrogens (tertiary/aromatic N) is 2. The third kappa shape index (κ3) is 3.74. The maximum atomic E-state index is 12.1. The molecule has 0 radical (unpaired) electrons. The molecule has 140 valence electrons. The molecule has 1 saturated heterocycles. The molecule has 0 bridgehead atoms. The first-order valence-electron chi connectivity index (χ1n) is 8.67. The van der Waals surface area contributed by atoms with Gasteiger partial charge < -0.3 is 19.8 Å². The maximum absolute atomic E-state index is 12.1. The molecule has 0 saturated carbocycles. The number of halogens is 1. The molecule has 1 atom stereocenters. The average Bonchev–Trinajstić information content (AvgIpc) is 3.35. The van der Waals surface area contributed by atoms with Gasteiger partial charge in [-0.3, -0.25) is 4.79 Å². The number of nitrogens with one attached hydrogen (secondary N) is 2. The Morgan fingerprint density at radius 2 is 2.26 bits per heavy atom. The summed E-state index contributed by atoms with van der Waals surface area (Å²) in [6.45, 7) is 1.58. The lowest BCUT2D eigenvalue weighted by Gasteiger charge is -2.08. The van der Waals surface area contributed by atoms with Crippen molar-refractivity contribution in [2.75, 3.05) is 20.3 Å². The monoisotopic (exact) mass is 386 g/mol. The molecule has 7 nitrogen and oxygen atoms in total. The van der Waals surface area contributed by atoms with Crippen molar-refractivity contribution in [3.05, 3.63) is 41.3 Å². The topological polar surface area (TPSA) is 89.1 Å². The fourth-order valence-corrected chi connectivity index (χ4v) is 3.40. The van der Waals surface area contributed by atoms with Crippen LogP contribution in [0.25, 0.3) is 22.2 Å². The first-order chi connectivity index (χ1) is 13.1. The van der Waals surface area contributed by atoms with Gasteiger partial charge in [-0.15, -0.1) is 0 Å². The highest BCUT2D eigenvalue weighted by Gasteiger charge is 2.23. The number of ether oxygens (including phenoxy) is 2. The van der Waals surface area contributed by atoms with Crippen LogP contribution in [0.15, 0.2) is 30.6 Å². The third-order valence-electron chi connectivity index (χ3n) is 4.63. The summed E-state index contributed by atoms with van der Waals surface area (Å²) in [4.78, 5) is 24.0. The van der Waals surface area contributed by atoms with Gasteiger partial charge in [0.05, 0.1) is 49.3 Å². The van der Waals surface area contributed by atoms with Crippen LogP contribution in [0.4, 0.5) is 0 Å². The zero-order valence-electron chi connectivity index (χ0n) is 14.8. The first kappa shape index (κ1) is 17.8. The largest absolute Gasteiger partial charge is 0.480 e. The van der Waals surface area contributed by atoms with E-state index in [2.05, 4.69) is 20.3 Å². The molecule has 1 aromatic carbocycles. The Bertz CT molecular complexity index is 965. The first-order valence-corrected chi connectivity index (χ1v) is 9.05. The summed E-state index contributed by atoms with van der Waals surface area (Å²) in [5, 5.41) is 4.51. The van der Waals surface area contributed by atoms with Crippen molar-refractivity contribution in [1.82, 2.24) is 20.3 Å². The van der Waals surface area contributed by atoms with Gasteiger partial charge in [-0.1, -0.05) is 11.6 Å². The number of amides is 1. The highest BCUT2D eigenvalue weighted by atomic mass is 35.5. The SMILES string of the molecule is COc1cnc(-c2cc3[nH]c(CNC(=O)[C@@H]4CCOC4)cc3cc2Cl)cn1. The summed E-state index contributed by atoms with van der Waals surface area (Å²) >= 11 is 6.44. The number of hydrogen-bond acceptors (Lipinski definition) is 5. The highest BCUT2D eigenvalue weighted by Crippen LogP contribution is 2.31. The molecular formula is C19H19ClN4O3. The number of rotatable bonds is 5. The van der Waals surface area contributed by atoms with Gasteiger partial charge in [0, 0.05) is 28.8 Å². The minimum absolute atomic E-state index is 0.0263. The minimum atomic E-state index is -0.0518. The number of carbonyl (C=O) groups excluding carboxylic acids is 1. The van der Waals surface area contributed by atoms with E-state index in [1.54, 1.807) is 19.5 Å². The van der Waals surface area contributed by atoms with E-state index in [1.807, 2.05) is 18.2 Å². The van der Waals surface area contributed by atoms with Crippen LogP contribution >= 0.6 is 11.6 Å². The average molecular weight is 387 g/mol. The number of H-pyrrole nitrogens is 1. The Morgan fingerprint density at radius 3 is 2.96 bits per heavy atom. The van der Waals surface area contributed by atoms with Gasteiger partial charge >= 0.3 is 0 Å². The zero-order chi connectivity index (χ0) is 18.8. The van der Waals surface area contributed by atoms with Gasteiger partial charge in [0.25, 0.3) is 0 Å². The van der Waals surface area contributed by atoms with Crippen LogP contribution in [0.3, 0.4) is 0 Å². The molecule has 3 aromatic rings. The summed E-state index contributed by atoms with van der Waals surface area (Å²) in [6, 6.07) is 5.80. The van der Waals surface area contributed by atoms with E-state index in [1.165, 1.54) is 0 Å². The Kier molecular flexibility index (Phi) is 4.96. The number of aromatic nitrogens is 3. The molecule has 2 N–H and O–H groups in total. The number of aromatic amines is 1. The predicted octanol–water partition coefficient (Wildman–Crippen LogP) is 2.94. The van der Waals surface area contributed by atoms with Gasteiger partial charge in [0.15, 0.2) is 0 Å². The van der Waals surface area contributed by atoms with Crippen molar-refractivity contribution in [1.29, 1.82) is 0 Å². The molecule has 3 heterocycles. The number of methoxy groups -OCH3 is 1. The molecule has 27 heavy (non-hydrogen) atoms. The van der Waals surface area contributed by atoms with E-state index < -0.39 is 0 Å². The molecular weight excluding hydrogens is 368 g/mol. The molecule has 1 aliphatic rings. The van der Waals surface area contributed by atoms with Crippen molar-refractivity contribution in [2.24, 2.45) is 5.92 Å². The Balaban J connectivity index is 1.54. The molecule has 1 fully saturated rings. The molecule has 1 amide bonds. The zero-order valence-corrected chi connectivity index (χ0v) is 15.5. The summed E-state index contributed by atoms with van der Waals surface area (Å²) < 4.78 is 10.3. The fourth-order valence-electron chi connectivity index (χ4n) is 3.13. The number of fused-ring (bicyclic) bond motifs is 1. The lowest BCUT2D eigenvalue weighted by Crippen LogP contribution is -2.30. The number of hydrogen-bond donors (Lipinski definition) is 2. The van der Waals surface area contributed by atoms with Crippen molar-refractivity contribution < 1.29 is 14.3 Å². The van der Waals surface area contributed by atoms with Crippen molar-refractivity contribution >= 4 is 28.4 Å². The van der Waals surface area contributed by atoms with Crippen LogP contribution in [-0.2, 0) is 16.1 Å². The second-order valence-corrected chi connectivity index (χ2v) is 6.84. The molecule has 2 aromatic heterocycles. The molecule has 0 aliphatic carbocycles. The molecule has 1 aliphatic heterocycles. The smallest absolute Gasteiger partial charge is 0.232 e. The maximum Gasteiger partial charge on any atom is 0.232 e. The van der Waals surface area contributed by atoms with E-state index in [9.17, 15) is 4.79 Å². The van der Waals surface area contributed by atoms with Crippen LogP contribution in [0.5, 0.6) is 5.88 Å². The van der Waals surface area contributed by atoms with Crippen molar-refractivity contribution in [3.8, 4) is 17.1 Å². The minimum Gasteiger partial charge on any atom is -0.480 e. The van der Waals surface area contributed by atoms with E-state index in [0.717, 1.165) is 28.6 Å². The second-order valence-electron chi connectivity index (χ2n) is 6.44. The van der Waals surface area contributed by atoms with Crippen LogP contribution < -0.4 is 10.1 Å². The van der Waals surface area contributed by atoms with Gasteiger partial charge in [0.2, 0.25) is 11.8 Å². The lowest BCUT2D eigenvalue weighted by molar-refractivity contribution is -0.125. The summed E-state index contributed by atoms with van der Waals surface area (Å²) in [5.41, 5.74) is 3.26. The van der Waals surface area contributed by atoms with Gasteiger partial charge in [-0.05, 0) is 24.6 Å². The standard InChI is InChI=1S/C19H19ClN4O3/c1-26-18-9-21-17(8-22-18)14-6-16-12(5-15(14)20)4-13(24-16)7-23-19(25)11-2-3-27-10-11/h4-6,8-9,11,24H,2-3,7,10H2,1H3,(H,23,25)/t11-/m1/s1. The Hall–Kier alpha value is -2.64. The Labute approximate surface area is 161 Å². The van der Waals surface area contributed by atoms with E-state index >= 15 is 0 Å². The quantitative estimate of drug-likeness (QED) is 0.703. The summed E-state index contributed by atoms with van der Waals surface area (Å²) in [7, 11) is 1.54. The lowest BCUT2D eigenvalue weighted by atomic mass is 10.1. The molecule has 0 spiro atoms. The van der Waals surface area contributed by atoms with E-state index in [4.69, 9.17) is 21.1 Å². The molecule has 8 heteroatoms. The van der Waals surface area contributed by atoms with Crippen LogP contribution in [0.1, 0.15) is 12.1 Å². The number of carbonyl (C=O) groups is 1. The van der Waals surface area contributed by atoms with Gasteiger partial charge in [-0.2, -0.15) is 0 Å². The normalized spacial score (nSPS) is 16.6. The highest BCUT2D eigenvalue weighted by molar-refractivity contribution is 6.34. The van der Waals surface area contributed by atoms with Crippen LogP contribution in [0.2, 0.25) is 5.02 Å².